The fourth-order valence-electron chi connectivity index (χ4n) is 4.47. The van der Waals surface area contributed by atoms with Gasteiger partial charge in [-0.25, -0.2) is 4.39 Å². The van der Waals surface area contributed by atoms with Gasteiger partial charge in [-0.15, -0.1) is 11.3 Å². The van der Waals surface area contributed by atoms with E-state index in [1.165, 1.54) is 29.5 Å². The highest BCUT2D eigenvalue weighted by molar-refractivity contribution is 7.13. The molecule has 0 unspecified atom stereocenters. The summed E-state index contributed by atoms with van der Waals surface area (Å²) in [7, 11) is 0. The van der Waals surface area contributed by atoms with Crippen LogP contribution < -0.4 is 11.5 Å². The van der Waals surface area contributed by atoms with Gasteiger partial charge in [0.25, 0.3) is 11.8 Å². The predicted octanol–water partition coefficient (Wildman–Crippen LogP) is 4.18. The Bertz CT molecular complexity index is 1410. The van der Waals surface area contributed by atoms with Crippen molar-refractivity contribution in [2.45, 2.75) is 25.3 Å². The molecule has 2 aromatic heterocycles. The number of aromatic nitrogens is 2. The zero-order valence-electron chi connectivity index (χ0n) is 19.3. The molecule has 1 aliphatic heterocycles. The molecule has 8 nitrogen and oxygen atoms in total. The molecular formula is C26H24FN5O3S. The second-order valence-electron chi connectivity index (χ2n) is 8.69. The minimum Gasteiger partial charge on any atom is -0.366 e. The lowest BCUT2D eigenvalue weighted by Crippen LogP contribution is -2.38. The number of thiophene rings is 1. The Hall–Kier alpha value is -3.89. The number of rotatable bonds is 6. The van der Waals surface area contributed by atoms with Crippen molar-refractivity contribution >= 4 is 23.2 Å². The smallest absolute Gasteiger partial charge is 0.258 e. The van der Waals surface area contributed by atoms with Crippen LogP contribution in [-0.2, 0) is 6.54 Å². The number of benzene rings is 2. The highest BCUT2D eigenvalue weighted by Crippen LogP contribution is 2.32. The molecule has 4 aromatic rings. The predicted molar refractivity (Wildman–Crippen MR) is 134 cm³/mol. The fraction of sp³-hybridized carbons (Fsp3) is 0.231. The minimum absolute atomic E-state index is 0.0162. The number of hydrogen-bond donors (Lipinski definition) is 2. The number of hydrogen-bond acceptors (Lipinski definition) is 7. The van der Waals surface area contributed by atoms with E-state index in [4.69, 9.17) is 16.0 Å². The zero-order chi connectivity index (χ0) is 25.2. The van der Waals surface area contributed by atoms with Gasteiger partial charge < -0.3 is 20.9 Å². The maximum absolute atomic E-state index is 14.6. The van der Waals surface area contributed by atoms with Crippen LogP contribution in [0, 0.1) is 5.82 Å². The van der Waals surface area contributed by atoms with Crippen molar-refractivity contribution in [1.29, 1.82) is 0 Å². The van der Waals surface area contributed by atoms with Crippen molar-refractivity contribution in [1.82, 2.24) is 15.0 Å². The van der Waals surface area contributed by atoms with Crippen molar-refractivity contribution < 1.29 is 18.5 Å². The Morgan fingerprint density at radius 1 is 1.11 bits per heavy atom. The van der Waals surface area contributed by atoms with Crippen molar-refractivity contribution in [3.8, 4) is 22.2 Å². The third-order valence-corrected chi connectivity index (χ3v) is 7.27. The Balaban J connectivity index is 1.36. The Morgan fingerprint density at radius 2 is 1.89 bits per heavy atom. The molecule has 5 rings (SSSR count). The van der Waals surface area contributed by atoms with Gasteiger partial charge in [-0.2, -0.15) is 4.98 Å². The van der Waals surface area contributed by atoms with Crippen LogP contribution in [0.3, 0.4) is 0 Å². The topological polar surface area (TPSA) is 128 Å². The van der Waals surface area contributed by atoms with Crippen LogP contribution in [0.5, 0.6) is 0 Å². The van der Waals surface area contributed by atoms with E-state index in [0.717, 1.165) is 10.4 Å². The largest absolute Gasteiger partial charge is 0.366 e. The summed E-state index contributed by atoms with van der Waals surface area (Å²) in [5.41, 5.74) is 13.4. The lowest BCUT2D eigenvalue weighted by Gasteiger charge is -2.32. The molecule has 0 spiro atoms. The Kier molecular flexibility index (Phi) is 6.62. The number of halogens is 1. The summed E-state index contributed by atoms with van der Waals surface area (Å²) in [6.07, 6.45) is 1.25. The van der Waals surface area contributed by atoms with Gasteiger partial charge in [0.05, 0.1) is 4.88 Å². The number of amides is 2. The van der Waals surface area contributed by atoms with Gasteiger partial charge in [0, 0.05) is 36.3 Å². The number of nitrogens with two attached hydrogens (primary N) is 2. The maximum atomic E-state index is 14.6. The van der Waals surface area contributed by atoms with E-state index >= 15 is 0 Å². The average molecular weight is 506 g/mol. The molecule has 2 aromatic carbocycles. The molecule has 0 atom stereocenters. The van der Waals surface area contributed by atoms with Crippen LogP contribution >= 0.6 is 11.3 Å². The van der Waals surface area contributed by atoms with E-state index in [1.807, 2.05) is 23.6 Å². The normalized spacial score (nSPS) is 14.2. The summed E-state index contributed by atoms with van der Waals surface area (Å²) in [6.45, 7) is 1.21. The van der Waals surface area contributed by atoms with Crippen LogP contribution in [0.25, 0.3) is 22.2 Å². The van der Waals surface area contributed by atoms with E-state index in [-0.39, 0.29) is 35.6 Å². The van der Waals surface area contributed by atoms with Gasteiger partial charge >= 0.3 is 0 Å². The first-order valence-corrected chi connectivity index (χ1v) is 12.4. The van der Waals surface area contributed by atoms with Crippen molar-refractivity contribution in [2.75, 3.05) is 13.1 Å². The molecule has 1 fully saturated rings. The Labute approximate surface area is 210 Å². The second kappa shape index (κ2) is 10.00. The molecule has 1 aliphatic rings. The zero-order valence-corrected chi connectivity index (χ0v) is 20.1. The summed E-state index contributed by atoms with van der Waals surface area (Å²) >= 11 is 1.47. The Morgan fingerprint density at radius 3 is 2.56 bits per heavy atom. The average Bonchev–Trinajstić information content (AvgIpc) is 3.60. The van der Waals surface area contributed by atoms with E-state index in [9.17, 15) is 14.0 Å². The summed E-state index contributed by atoms with van der Waals surface area (Å²) in [6, 6.07) is 13.5. The van der Waals surface area contributed by atoms with E-state index in [1.54, 1.807) is 17.0 Å². The molecule has 2 amide bonds. The first kappa shape index (κ1) is 23.8. The lowest BCUT2D eigenvalue weighted by atomic mass is 9.88. The molecule has 1 saturated heterocycles. The first-order valence-electron chi connectivity index (χ1n) is 11.5. The number of carbonyl (C=O) groups is 2. The second-order valence-corrected chi connectivity index (χ2v) is 9.64. The van der Waals surface area contributed by atoms with Gasteiger partial charge in [0.15, 0.2) is 0 Å². The van der Waals surface area contributed by atoms with E-state index < -0.39 is 5.91 Å². The molecule has 36 heavy (non-hydrogen) atoms. The summed E-state index contributed by atoms with van der Waals surface area (Å²) in [5, 5.41) is 5.91. The third-order valence-electron chi connectivity index (χ3n) is 6.40. The molecule has 10 heteroatoms. The van der Waals surface area contributed by atoms with Gasteiger partial charge in [0.1, 0.15) is 5.82 Å². The SMILES string of the molecule is NCc1ccc(C2CCN(C(=O)c3cc(C(N)=O)cc(-c4nc(-c5cccs5)no4)c3)CC2)c(F)c1. The van der Waals surface area contributed by atoms with Crippen molar-refractivity contribution in [2.24, 2.45) is 11.5 Å². The highest BCUT2D eigenvalue weighted by Gasteiger charge is 2.27. The quantitative estimate of drug-likeness (QED) is 0.405. The van der Waals surface area contributed by atoms with Gasteiger partial charge in [0.2, 0.25) is 11.7 Å². The molecule has 3 heterocycles. The van der Waals surface area contributed by atoms with E-state index in [0.29, 0.717) is 48.4 Å². The van der Waals surface area contributed by atoms with Crippen LogP contribution in [0.1, 0.15) is 50.6 Å². The standard InChI is InChI=1S/C26H24FN5O3S/c27-21-10-15(14-28)3-4-20(21)16-5-7-32(8-6-16)26(34)19-12-17(23(29)33)11-18(13-19)25-30-24(31-35-25)22-2-1-9-36-22/h1-4,9-13,16H,5-8,14,28H2,(H2,29,33). The van der Waals surface area contributed by atoms with Gasteiger partial charge in [-0.05, 0) is 65.6 Å². The molecule has 4 N–H and O–H groups in total. The molecule has 0 radical (unpaired) electrons. The van der Waals surface area contributed by atoms with Crippen LogP contribution in [-0.4, -0.2) is 39.9 Å². The number of carbonyl (C=O) groups excluding carboxylic acids is 2. The molecule has 0 saturated carbocycles. The van der Waals surface area contributed by atoms with Gasteiger partial charge in [-0.3, -0.25) is 9.59 Å². The van der Waals surface area contributed by atoms with Crippen LogP contribution in [0.2, 0.25) is 0 Å². The molecular weight excluding hydrogens is 481 g/mol. The minimum atomic E-state index is -0.668. The van der Waals surface area contributed by atoms with Crippen LogP contribution in [0.4, 0.5) is 4.39 Å². The van der Waals surface area contributed by atoms with Crippen molar-refractivity contribution in [3.05, 3.63) is 82.0 Å². The molecule has 0 bridgehead atoms. The van der Waals surface area contributed by atoms with Crippen molar-refractivity contribution in [3.63, 3.8) is 0 Å². The summed E-state index contributed by atoms with van der Waals surface area (Å²) in [4.78, 5) is 32.3. The summed E-state index contributed by atoms with van der Waals surface area (Å²) in [5.74, 6) is -0.545. The molecule has 184 valence electrons. The van der Waals surface area contributed by atoms with Gasteiger partial charge in [-0.1, -0.05) is 23.4 Å². The third kappa shape index (κ3) is 4.77. The number of likely N-dealkylation sites (tertiary alicyclic amines) is 1. The number of piperidine rings is 1. The monoisotopic (exact) mass is 505 g/mol. The number of nitrogens with zero attached hydrogens (tertiary/aromatic N) is 3. The first-order chi connectivity index (χ1) is 17.4. The number of primary amides is 1. The summed E-state index contributed by atoms with van der Waals surface area (Å²) < 4.78 is 20.0. The fourth-order valence-corrected chi connectivity index (χ4v) is 5.12. The van der Waals surface area contributed by atoms with Crippen LogP contribution in [0.15, 0.2) is 58.4 Å². The maximum Gasteiger partial charge on any atom is 0.258 e. The molecule has 0 aliphatic carbocycles. The highest BCUT2D eigenvalue weighted by atomic mass is 32.1. The van der Waals surface area contributed by atoms with E-state index in [2.05, 4.69) is 10.1 Å². The lowest BCUT2D eigenvalue weighted by molar-refractivity contribution is 0.0712.